The molecule has 1 N–H and O–H groups in total. The van der Waals surface area contributed by atoms with Crippen molar-refractivity contribution < 1.29 is 4.79 Å². The minimum atomic E-state index is 0.0940. The minimum absolute atomic E-state index is 0.0940. The van der Waals surface area contributed by atoms with Crippen molar-refractivity contribution in [1.82, 2.24) is 5.32 Å². The van der Waals surface area contributed by atoms with Gasteiger partial charge in [0.1, 0.15) is 0 Å². The Kier molecular flexibility index (Phi) is 6.19. The zero-order chi connectivity index (χ0) is 17.7. The Morgan fingerprint density at radius 2 is 1.54 bits per heavy atom. The molecule has 0 aliphatic rings. The maximum Gasteiger partial charge on any atom is 0.220 e. The van der Waals surface area contributed by atoms with Crippen molar-refractivity contribution in [3.63, 3.8) is 0 Å². The van der Waals surface area contributed by atoms with Crippen molar-refractivity contribution in [3.8, 4) is 0 Å². The van der Waals surface area contributed by atoms with E-state index in [-0.39, 0.29) is 11.9 Å². The van der Waals surface area contributed by atoms with Crippen LogP contribution in [0.1, 0.15) is 59.2 Å². The molecule has 0 bridgehead atoms. The highest BCUT2D eigenvalue weighted by Crippen LogP contribution is 2.20. The van der Waals surface area contributed by atoms with E-state index >= 15 is 0 Å². The van der Waals surface area contributed by atoms with Crippen molar-refractivity contribution in [1.29, 1.82) is 0 Å². The van der Waals surface area contributed by atoms with Gasteiger partial charge >= 0.3 is 0 Å². The van der Waals surface area contributed by atoms with E-state index in [0.717, 1.165) is 12.8 Å². The molecular weight excluding hydrogens is 294 g/mol. The van der Waals surface area contributed by atoms with E-state index < -0.39 is 0 Å². The number of nitrogens with one attached hydrogen (secondary N) is 1. The van der Waals surface area contributed by atoms with Crippen molar-refractivity contribution in [2.24, 2.45) is 0 Å². The predicted molar refractivity (Wildman–Crippen MR) is 101 cm³/mol. The molecule has 0 spiro atoms. The molecule has 1 atom stereocenters. The fourth-order valence-electron chi connectivity index (χ4n) is 2.89. The van der Waals surface area contributed by atoms with E-state index in [2.05, 4.69) is 76.3 Å². The van der Waals surface area contributed by atoms with Gasteiger partial charge in [-0.1, -0.05) is 43.3 Å². The van der Waals surface area contributed by atoms with Crippen LogP contribution in [0.4, 0.5) is 0 Å². The van der Waals surface area contributed by atoms with Gasteiger partial charge in [0.2, 0.25) is 5.91 Å². The summed E-state index contributed by atoms with van der Waals surface area (Å²) in [4.78, 5) is 12.4. The monoisotopic (exact) mass is 323 g/mol. The fraction of sp³-hybridized carbons (Fsp3) is 0.409. The van der Waals surface area contributed by atoms with E-state index in [4.69, 9.17) is 0 Å². The molecule has 0 saturated carbocycles. The highest BCUT2D eigenvalue weighted by molar-refractivity contribution is 5.76. The molecule has 0 radical (unpaired) electrons. The topological polar surface area (TPSA) is 29.1 Å². The average molecular weight is 323 g/mol. The van der Waals surface area contributed by atoms with Crippen LogP contribution >= 0.6 is 0 Å². The van der Waals surface area contributed by atoms with Crippen LogP contribution in [0.2, 0.25) is 0 Å². The normalized spacial score (nSPS) is 12.0. The van der Waals surface area contributed by atoms with Gasteiger partial charge in [-0.3, -0.25) is 4.79 Å². The van der Waals surface area contributed by atoms with Gasteiger partial charge in [-0.05, 0) is 73.9 Å². The molecule has 24 heavy (non-hydrogen) atoms. The third-order valence-electron chi connectivity index (χ3n) is 4.89. The van der Waals surface area contributed by atoms with Gasteiger partial charge in [0, 0.05) is 6.42 Å². The maximum atomic E-state index is 12.4. The standard InChI is InChI=1S/C22H29NO/c1-6-21(20-11-8-16(3)18(5)14-20)23-22(24)12-10-19-9-7-15(2)17(4)13-19/h7-9,11,13-14,21H,6,10,12H2,1-5H3,(H,23,24). The van der Waals surface area contributed by atoms with Crippen LogP contribution < -0.4 is 5.32 Å². The molecule has 2 aromatic rings. The van der Waals surface area contributed by atoms with Crippen molar-refractivity contribution >= 4 is 5.91 Å². The van der Waals surface area contributed by atoms with E-state index in [0.29, 0.717) is 6.42 Å². The van der Waals surface area contributed by atoms with E-state index in [1.165, 1.54) is 33.4 Å². The molecule has 1 amide bonds. The third-order valence-corrected chi connectivity index (χ3v) is 4.89. The SMILES string of the molecule is CCC(NC(=O)CCc1ccc(C)c(C)c1)c1ccc(C)c(C)c1. The third kappa shape index (κ3) is 4.70. The largest absolute Gasteiger partial charge is 0.349 e. The highest BCUT2D eigenvalue weighted by Gasteiger charge is 2.13. The number of hydrogen-bond donors (Lipinski definition) is 1. The summed E-state index contributed by atoms with van der Waals surface area (Å²) in [5.41, 5.74) is 7.57. The summed E-state index contributed by atoms with van der Waals surface area (Å²) >= 11 is 0. The Labute approximate surface area is 146 Å². The van der Waals surface area contributed by atoms with Crippen molar-refractivity contribution in [2.75, 3.05) is 0 Å². The second kappa shape index (κ2) is 8.14. The van der Waals surface area contributed by atoms with Gasteiger partial charge in [-0.2, -0.15) is 0 Å². The summed E-state index contributed by atoms with van der Waals surface area (Å²) in [5.74, 6) is 0.123. The molecule has 128 valence electrons. The number of carbonyl (C=O) groups is 1. The van der Waals surface area contributed by atoms with Crippen LogP contribution in [0.15, 0.2) is 36.4 Å². The Balaban J connectivity index is 1.96. The smallest absolute Gasteiger partial charge is 0.220 e. The first-order chi connectivity index (χ1) is 11.4. The Morgan fingerprint density at radius 3 is 2.12 bits per heavy atom. The van der Waals surface area contributed by atoms with Crippen molar-refractivity contribution in [3.05, 3.63) is 69.8 Å². The van der Waals surface area contributed by atoms with Crippen LogP contribution in [-0.2, 0) is 11.2 Å². The molecule has 0 aromatic heterocycles. The van der Waals surface area contributed by atoms with Crippen LogP contribution in [0.5, 0.6) is 0 Å². The zero-order valence-electron chi connectivity index (χ0n) is 15.6. The summed E-state index contributed by atoms with van der Waals surface area (Å²) in [5, 5.41) is 3.19. The van der Waals surface area contributed by atoms with Gasteiger partial charge < -0.3 is 5.32 Å². The van der Waals surface area contributed by atoms with E-state index in [9.17, 15) is 4.79 Å². The van der Waals surface area contributed by atoms with Crippen LogP contribution in [0.3, 0.4) is 0 Å². The highest BCUT2D eigenvalue weighted by atomic mass is 16.1. The minimum Gasteiger partial charge on any atom is -0.349 e. The summed E-state index contributed by atoms with van der Waals surface area (Å²) in [6, 6.07) is 13.0. The average Bonchev–Trinajstić information content (AvgIpc) is 2.56. The lowest BCUT2D eigenvalue weighted by Crippen LogP contribution is -2.28. The number of benzene rings is 2. The fourth-order valence-corrected chi connectivity index (χ4v) is 2.89. The predicted octanol–water partition coefficient (Wildman–Crippen LogP) is 5.12. The van der Waals surface area contributed by atoms with Gasteiger partial charge in [0.15, 0.2) is 0 Å². The number of amides is 1. The van der Waals surface area contributed by atoms with Crippen LogP contribution in [0, 0.1) is 27.7 Å². The van der Waals surface area contributed by atoms with E-state index in [1.54, 1.807) is 0 Å². The summed E-state index contributed by atoms with van der Waals surface area (Å²) in [6.45, 7) is 10.6. The number of carbonyl (C=O) groups excluding carboxylic acids is 1. The Hall–Kier alpha value is -2.09. The van der Waals surface area contributed by atoms with Crippen LogP contribution in [0.25, 0.3) is 0 Å². The van der Waals surface area contributed by atoms with Crippen LogP contribution in [-0.4, -0.2) is 5.91 Å². The Morgan fingerprint density at radius 1 is 0.917 bits per heavy atom. The molecular formula is C22H29NO. The van der Waals surface area contributed by atoms with Crippen molar-refractivity contribution in [2.45, 2.75) is 59.9 Å². The quantitative estimate of drug-likeness (QED) is 0.785. The second-order valence-corrected chi connectivity index (χ2v) is 6.79. The van der Waals surface area contributed by atoms with Gasteiger partial charge in [-0.15, -0.1) is 0 Å². The molecule has 2 heteroatoms. The molecule has 2 rings (SSSR count). The molecule has 0 aliphatic heterocycles. The number of hydrogen-bond acceptors (Lipinski definition) is 1. The van der Waals surface area contributed by atoms with Gasteiger partial charge in [0.05, 0.1) is 6.04 Å². The van der Waals surface area contributed by atoms with Gasteiger partial charge in [0.25, 0.3) is 0 Å². The molecule has 2 aromatic carbocycles. The summed E-state index contributed by atoms with van der Waals surface area (Å²) in [7, 11) is 0. The molecule has 1 unspecified atom stereocenters. The lowest BCUT2D eigenvalue weighted by atomic mass is 9.99. The first-order valence-electron chi connectivity index (χ1n) is 8.83. The zero-order valence-corrected chi connectivity index (χ0v) is 15.6. The first-order valence-corrected chi connectivity index (χ1v) is 8.83. The lowest BCUT2D eigenvalue weighted by molar-refractivity contribution is -0.121. The van der Waals surface area contributed by atoms with Gasteiger partial charge in [-0.25, -0.2) is 0 Å². The molecule has 0 saturated heterocycles. The molecule has 0 fully saturated rings. The number of rotatable bonds is 6. The van der Waals surface area contributed by atoms with E-state index in [1.807, 2.05) is 0 Å². The second-order valence-electron chi connectivity index (χ2n) is 6.79. The number of aryl methyl sites for hydroxylation is 5. The molecule has 2 nitrogen and oxygen atoms in total. The lowest BCUT2D eigenvalue weighted by Gasteiger charge is -2.19. The molecule has 0 aliphatic carbocycles. The first kappa shape index (κ1) is 18.3. The molecule has 0 heterocycles. The summed E-state index contributed by atoms with van der Waals surface area (Å²) in [6.07, 6.45) is 2.22. The maximum absolute atomic E-state index is 12.4. The Bertz CT molecular complexity index is 718. The summed E-state index contributed by atoms with van der Waals surface area (Å²) < 4.78 is 0.